The molecule has 2 aliphatic rings. The summed E-state index contributed by atoms with van der Waals surface area (Å²) in [6, 6.07) is 8.31. The summed E-state index contributed by atoms with van der Waals surface area (Å²) in [5.41, 5.74) is 2.93. The van der Waals surface area contributed by atoms with Crippen LogP contribution in [0.3, 0.4) is 0 Å². The minimum Gasteiger partial charge on any atom is -0.359 e. The summed E-state index contributed by atoms with van der Waals surface area (Å²) >= 11 is 3.06. The third kappa shape index (κ3) is 3.01. The van der Waals surface area contributed by atoms with E-state index in [4.69, 9.17) is 4.98 Å². The van der Waals surface area contributed by atoms with Gasteiger partial charge in [-0.05, 0) is 25.0 Å². The van der Waals surface area contributed by atoms with Gasteiger partial charge in [-0.25, -0.2) is 15.0 Å². The van der Waals surface area contributed by atoms with E-state index in [1.807, 2.05) is 23.1 Å². The number of thiazole rings is 2. The van der Waals surface area contributed by atoms with Crippen LogP contribution in [-0.4, -0.2) is 43.3 Å². The number of anilines is 1. The molecule has 9 heteroatoms. The van der Waals surface area contributed by atoms with Gasteiger partial charge in [0, 0.05) is 24.7 Å². The number of carbonyl (C=O) groups excluding carboxylic acids is 1. The van der Waals surface area contributed by atoms with Crippen LogP contribution in [0, 0.1) is 0 Å². The number of imidazole rings is 1. The predicted octanol–water partition coefficient (Wildman–Crippen LogP) is 3.84. The smallest absolute Gasteiger partial charge is 0.266 e. The molecular weight excluding hydrogens is 404 g/mol. The third-order valence-electron chi connectivity index (χ3n) is 5.35. The van der Waals surface area contributed by atoms with Crippen molar-refractivity contribution in [3.63, 3.8) is 0 Å². The number of rotatable bonds is 4. The van der Waals surface area contributed by atoms with Crippen molar-refractivity contribution in [1.82, 2.24) is 24.8 Å². The molecule has 1 aliphatic heterocycles. The average molecular weight is 423 g/mol. The maximum Gasteiger partial charge on any atom is 0.266 e. The van der Waals surface area contributed by atoms with E-state index in [-0.39, 0.29) is 11.9 Å². The standard InChI is InChI=1S/C20H18N6OS2/c27-19(15-9-21-20(29-15)24-11-5-6-11)26-8-7-13-16(23-10-22-13)17(26)18-25-12-3-1-2-4-14(12)28-18/h1-4,9-11,17H,5-8H2,(H,21,24)(H,22,23). The van der Waals surface area contributed by atoms with Gasteiger partial charge >= 0.3 is 0 Å². The molecule has 1 atom stereocenters. The topological polar surface area (TPSA) is 86.8 Å². The van der Waals surface area contributed by atoms with Crippen LogP contribution < -0.4 is 5.32 Å². The Morgan fingerprint density at radius 3 is 2.97 bits per heavy atom. The number of fused-ring (bicyclic) bond motifs is 2. The molecule has 1 saturated carbocycles. The van der Waals surface area contributed by atoms with Gasteiger partial charge in [0.15, 0.2) is 5.13 Å². The molecule has 4 aromatic rings. The van der Waals surface area contributed by atoms with E-state index in [9.17, 15) is 4.79 Å². The molecule has 1 amide bonds. The van der Waals surface area contributed by atoms with Crippen molar-refractivity contribution in [1.29, 1.82) is 0 Å². The second-order valence-corrected chi connectivity index (χ2v) is 9.48. The molecule has 1 unspecified atom stereocenters. The molecule has 1 fully saturated rings. The summed E-state index contributed by atoms with van der Waals surface area (Å²) in [7, 11) is 0. The summed E-state index contributed by atoms with van der Waals surface area (Å²) in [6.07, 6.45) is 6.51. The molecule has 1 aromatic carbocycles. The van der Waals surface area contributed by atoms with Gasteiger partial charge in [0.25, 0.3) is 5.91 Å². The second-order valence-electron chi connectivity index (χ2n) is 7.39. The summed E-state index contributed by atoms with van der Waals surface area (Å²) in [5, 5.41) is 5.10. The lowest BCUT2D eigenvalue weighted by molar-refractivity contribution is 0.0695. The fourth-order valence-electron chi connectivity index (χ4n) is 3.74. The molecule has 2 N–H and O–H groups in total. The number of aromatic nitrogens is 4. The first-order chi connectivity index (χ1) is 14.3. The number of hydrogen-bond donors (Lipinski definition) is 2. The first-order valence-electron chi connectivity index (χ1n) is 9.67. The maximum absolute atomic E-state index is 13.5. The number of amides is 1. The largest absolute Gasteiger partial charge is 0.359 e. The van der Waals surface area contributed by atoms with Gasteiger partial charge in [-0.1, -0.05) is 23.5 Å². The van der Waals surface area contributed by atoms with Crippen molar-refractivity contribution in [3.05, 3.63) is 58.1 Å². The number of aromatic amines is 1. The van der Waals surface area contributed by atoms with E-state index in [0.29, 0.717) is 17.5 Å². The molecular formula is C20H18N6OS2. The highest BCUT2D eigenvalue weighted by atomic mass is 32.1. The Hall–Kier alpha value is -2.78. The summed E-state index contributed by atoms with van der Waals surface area (Å²) in [5.74, 6) is -0.00995. The van der Waals surface area contributed by atoms with Crippen LogP contribution in [0.2, 0.25) is 0 Å². The Kier molecular flexibility index (Phi) is 3.91. The van der Waals surface area contributed by atoms with Crippen LogP contribution in [0.15, 0.2) is 36.8 Å². The van der Waals surface area contributed by atoms with Crippen LogP contribution in [0.5, 0.6) is 0 Å². The van der Waals surface area contributed by atoms with Gasteiger partial charge in [-0.3, -0.25) is 4.79 Å². The lowest BCUT2D eigenvalue weighted by Gasteiger charge is -2.33. The molecule has 146 valence electrons. The molecule has 0 bridgehead atoms. The Morgan fingerprint density at radius 1 is 1.21 bits per heavy atom. The molecule has 6 rings (SSSR count). The summed E-state index contributed by atoms with van der Waals surface area (Å²) in [4.78, 5) is 33.0. The first kappa shape index (κ1) is 17.1. The molecule has 29 heavy (non-hydrogen) atoms. The van der Waals surface area contributed by atoms with Gasteiger partial charge < -0.3 is 15.2 Å². The van der Waals surface area contributed by atoms with Gasteiger partial charge in [-0.15, -0.1) is 11.3 Å². The van der Waals surface area contributed by atoms with Gasteiger partial charge in [0.1, 0.15) is 15.9 Å². The van der Waals surface area contributed by atoms with E-state index >= 15 is 0 Å². The Bertz CT molecular complexity index is 1170. The highest BCUT2D eigenvalue weighted by Gasteiger charge is 2.37. The van der Waals surface area contributed by atoms with E-state index in [1.54, 1.807) is 23.9 Å². The third-order valence-corrected chi connectivity index (χ3v) is 7.36. The molecule has 0 saturated heterocycles. The van der Waals surface area contributed by atoms with E-state index in [1.165, 1.54) is 24.2 Å². The number of benzene rings is 1. The van der Waals surface area contributed by atoms with Crippen LogP contribution >= 0.6 is 22.7 Å². The van der Waals surface area contributed by atoms with Crippen molar-refractivity contribution in [2.75, 3.05) is 11.9 Å². The fraction of sp³-hybridized carbons (Fsp3) is 0.300. The zero-order chi connectivity index (χ0) is 19.4. The zero-order valence-electron chi connectivity index (χ0n) is 15.5. The zero-order valence-corrected chi connectivity index (χ0v) is 17.1. The molecule has 0 radical (unpaired) electrons. The van der Waals surface area contributed by atoms with Crippen LogP contribution in [-0.2, 0) is 6.42 Å². The number of nitrogens with one attached hydrogen (secondary N) is 2. The summed E-state index contributed by atoms with van der Waals surface area (Å²) in [6.45, 7) is 0.623. The Labute approximate surface area is 174 Å². The molecule has 3 aromatic heterocycles. The van der Waals surface area contributed by atoms with Crippen LogP contribution in [0.1, 0.15) is 45.0 Å². The average Bonchev–Trinajstić information content (AvgIpc) is 3.15. The quantitative estimate of drug-likeness (QED) is 0.522. The SMILES string of the molecule is O=C(c1cnc(NC2CC2)s1)N1CCc2[nH]cnc2C1c1nc2ccccc2s1. The fourth-order valence-corrected chi connectivity index (χ4v) is 5.67. The second kappa shape index (κ2) is 6.64. The number of nitrogens with zero attached hydrogens (tertiary/aromatic N) is 4. The lowest BCUT2D eigenvalue weighted by Crippen LogP contribution is -2.40. The van der Waals surface area contributed by atoms with Gasteiger partial charge in [-0.2, -0.15) is 0 Å². The number of para-hydroxylation sites is 1. The van der Waals surface area contributed by atoms with Crippen LogP contribution in [0.4, 0.5) is 5.13 Å². The first-order valence-corrected chi connectivity index (χ1v) is 11.3. The van der Waals surface area contributed by atoms with Crippen molar-refractivity contribution in [2.45, 2.75) is 31.3 Å². The van der Waals surface area contributed by atoms with E-state index in [0.717, 1.165) is 38.2 Å². The Balaban J connectivity index is 1.38. The molecule has 0 spiro atoms. The van der Waals surface area contributed by atoms with E-state index < -0.39 is 0 Å². The molecule has 1 aliphatic carbocycles. The molecule has 7 nitrogen and oxygen atoms in total. The van der Waals surface area contributed by atoms with Crippen molar-refractivity contribution in [2.24, 2.45) is 0 Å². The highest BCUT2D eigenvalue weighted by Crippen LogP contribution is 2.39. The van der Waals surface area contributed by atoms with Gasteiger partial charge in [0.2, 0.25) is 0 Å². The minimum absolute atomic E-state index is 0.00995. The minimum atomic E-state index is -0.281. The van der Waals surface area contributed by atoms with Crippen molar-refractivity contribution in [3.8, 4) is 0 Å². The number of carbonyl (C=O) groups is 1. The Morgan fingerprint density at radius 2 is 2.10 bits per heavy atom. The normalized spacial score (nSPS) is 18.8. The highest BCUT2D eigenvalue weighted by molar-refractivity contribution is 7.18. The monoisotopic (exact) mass is 422 g/mol. The summed E-state index contributed by atoms with van der Waals surface area (Å²) < 4.78 is 1.12. The number of hydrogen-bond acceptors (Lipinski definition) is 7. The van der Waals surface area contributed by atoms with E-state index in [2.05, 4.69) is 26.3 Å². The predicted molar refractivity (Wildman–Crippen MR) is 114 cm³/mol. The lowest BCUT2D eigenvalue weighted by atomic mass is 10.0. The van der Waals surface area contributed by atoms with Crippen LogP contribution in [0.25, 0.3) is 10.2 Å². The maximum atomic E-state index is 13.5. The number of H-pyrrole nitrogens is 1. The molecule has 4 heterocycles. The van der Waals surface area contributed by atoms with Gasteiger partial charge in [0.05, 0.1) is 28.4 Å². The van der Waals surface area contributed by atoms with Crippen molar-refractivity contribution < 1.29 is 4.79 Å². The van der Waals surface area contributed by atoms with Crippen molar-refractivity contribution >= 4 is 43.9 Å².